The molecule has 2 amide bonds. The van der Waals surface area contributed by atoms with Crippen molar-refractivity contribution in [3.8, 4) is 6.07 Å². The molecule has 0 saturated heterocycles. The summed E-state index contributed by atoms with van der Waals surface area (Å²) in [5, 5.41) is 23.8. The third-order valence-corrected chi connectivity index (χ3v) is 5.45. The second kappa shape index (κ2) is 10.1. The summed E-state index contributed by atoms with van der Waals surface area (Å²) >= 11 is 0. The van der Waals surface area contributed by atoms with Crippen molar-refractivity contribution >= 4 is 23.3 Å². The lowest BCUT2D eigenvalue weighted by molar-refractivity contribution is -0.117. The summed E-state index contributed by atoms with van der Waals surface area (Å²) in [6.07, 6.45) is 0.974. The highest BCUT2D eigenvalue weighted by atomic mass is 19.1. The quantitative estimate of drug-likeness (QED) is 0.333. The summed E-state index contributed by atoms with van der Waals surface area (Å²) < 4.78 is 28.5. The molecule has 0 radical (unpaired) electrons. The molecule has 0 aliphatic rings. The minimum atomic E-state index is -1.03. The molecule has 2 aromatic heterocycles. The molecule has 0 aliphatic carbocycles. The predicted molar refractivity (Wildman–Crippen MR) is 120 cm³/mol. The summed E-state index contributed by atoms with van der Waals surface area (Å²) in [4.78, 5) is 38.8. The molecule has 3 rings (SSSR count). The standard InChI is InChI=1S/C23H21F2N7O3/c1-11(24)7-17(18-10-27-31-30-18)29-23(35)21(33)19-12(2)20(32(4)13(19)3)22(34)28-15-5-6-16(25)14(8-15)9-26/h5-6,8,10,17H,1,7H2,2-4H3,(H,28,34)(H,29,35)(H,27,30,31)/t17-/m0/s1. The summed E-state index contributed by atoms with van der Waals surface area (Å²) in [6.45, 7) is 6.25. The largest absolute Gasteiger partial charge is 0.343 e. The van der Waals surface area contributed by atoms with Gasteiger partial charge in [0.25, 0.3) is 17.6 Å². The Morgan fingerprint density at radius 3 is 2.63 bits per heavy atom. The van der Waals surface area contributed by atoms with E-state index in [-0.39, 0.29) is 40.2 Å². The first kappa shape index (κ1) is 25.0. The summed E-state index contributed by atoms with van der Waals surface area (Å²) in [7, 11) is 1.54. The second-order valence-corrected chi connectivity index (χ2v) is 7.73. The number of rotatable bonds is 8. The average molecular weight is 481 g/mol. The Morgan fingerprint density at radius 1 is 1.31 bits per heavy atom. The van der Waals surface area contributed by atoms with Crippen molar-refractivity contribution in [1.82, 2.24) is 25.3 Å². The average Bonchev–Trinajstić information content (AvgIpc) is 3.41. The van der Waals surface area contributed by atoms with Gasteiger partial charge in [0.1, 0.15) is 23.3 Å². The summed E-state index contributed by atoms with van der Waals surface area (Å²) in [5.74, 6) is -4.04. The Morgan fingerprint density at radius 2 is 2.03 bits per heavy atom. The van der Waals surface area contributed by atoms with Crippen LogP contribution in [0.1, 0.15) is 55.8 Å². The van der Waals surface area contributed by atoms with E-state index in [0.29, 0.717) is 5.69 Å². The monoisotopic (exact) mass is 481 g/mol. The number of benzene rings is 1. The van der Waals surface area contributed by atoms with Crippen LogP contribution in [0.15, 0.2) is 36.8 Å². The first-order valence-corrected chi connectivity index (χ1v) is 10.3. The van der Waals surface area contributed by atoms with E-state index < -0.39 is 35.3 Å². The number of carbonyl (C=O) groups excluding carboxylic acids is 3. The first-order valence-electron chi connectivity index (χ1n) is 10.3. The number of Topliss-reactive ketones (excluding diaryl/α,β-unsaturated/α-hetero) is 1. The van der Waals surface area contributed by atoms with Crippen LogP contribution >= 0.6 is 0 Å². The highest BCUT2D eigenvalue weighted by molar-refractivity contribution is 6.43. The zero-order chi connectivity index (χ0) is 25.9. The van der Waals surface area contributed by atoms with Crippen molar-refractivity contribution in [2.45, 2.75) is 26.3 Å². The molecule has 0 bridgehead atoms. The number of nitriles is 1. The highest BCUT2D eigenvalue weighted by Crippen LogP contribution is 2.25. The predicted octanol–water partition coefficient (Wildman–Crippen LogP) is 2.94. The van der Waals surface area contributed by atoms with Gasteiger partial charge < -0.3 is 15.2 Å². The van der Waals surface area contributed by atoms with Gasteiger partial charge in [-0.25, -0.2) is 8.78 Å². The SMILES string of the molecule is C=C(F)C[C@H](NC(=O)C(=O)c1c(C)c(C(=O)Nc2ccc(F)c(C#N)c2)n(C)c1C)c1cn[nH]n1. The lowest BCUT2D eigenvalue weighted by Crippen LogP contribution is -2.35. The van der Waals surface area contributed by atoms with Gasteiger partial charge in [-0.2, -0.15) is 20.7 Å². The van der Waals surface area contributed by atoms with E-state index in [1.54, 1.807) is 20.0 Å². The number of carbonyl (C=O) groups is 3. The summed E-state index contributed by atoms with van der Waals surface area (Å²) in [5.41, 5.74) is 0.821. The molecule has 0 unspecified atom stereocenters. The van der Waals surface area contributed by atoms with Crippen molar-refractivity contribution in [3.63, 3.8) is 0 Å². The molecule has 3 N–H and O–H groups in total. The molecule has 12 heteroatoms. The number of nitrogens with one attached hydrogen (secondary N) is 3. The van der Waals surface area contributed by atoms with Crippen molar-refractivity contribution < 1.29 is 23.2 Å². The molecule has 180 valence electrons. The molecule has 35 heavy (non-hydrogen) atoms. The number of hydrogen-bond acceptors (Lipinski definition) is 6. The fourth-order valence-corrected chi connectivity index (χ4v) is 3.68. The molecule has 1 aromatic carbocycles. The maximum absolute atomic E-state index is 13.6. The number of ketones is 1. The van der Waals surface area contributed by atoms with Crippen LogP contribution in [0, 0.1) is 31.0 Å². The Labute approximate surface area is 198 Å². The second-order valence-electron chi connectivity index (χ2n) is 7.73. The lowest BCUT2D eigenvalue weighted by Gasteiger charge is -2.15. The van der Waals surface area contributed by atoms with Gasteiger partial charge in [-0.05, 0) is 37.6 Å². The Hall–Kier alpha value is -4.66. The van der Waals surface area contributed by atoms with E-state index in [1.807, 2.05) is 0 Å². The zero-order valence-electron chi connectivity index (χ0n) is 19.1. The third kappa shape index (κ3) is 5.14. The van der Waals surface area contributed by atoms with E-state index in [4.69, 9.17) is 5.26 Å². The Kier molecular flexibility index (Phi) is 7.20. The number of amides is 2. The lowest BCUT2D eigenvalue weighted by atomic mass is 10.0. The molecule has 0 spiro atoms. The molecule has 1 atom stereocenters. The van der Waals surface area contributed by atoms with Gasteiger partial charge in [-0.15, -0.1) is 0 Å². The van der Waals surface area contributed by atoms with E-state index in [0.717, 1.165) is 6.07 Å². The van der Waals surface area contributed by atoms with Crippen LogP contribution in [0.3, 0.4) is 0 Å². The van der Waals surface area contributed by atoms with Crippen LogP contribution in [0.25, 0.3) is 0 Å². The van der Waals surface area contributed by atoms with Crippen LogP contribution in [0.4, 0.5) is 14.5 Å². The van der Waals surface area contributed by atoms with Gasteiger partial charge in [0.15, 0.2) is 0 Å². The van der Waals surface area contributed by atoms with Crippen molar-refractivity contribution in [2.24, 2.45) is 7.05 Å². The van der Waals surface area contributed by atoms with Gasteiger partial charge >= 0.3 is 0 Å². The van der Waals surface area contributed by atoms with E-state index >= 15 is 0 Å². The normalized spacial score (nSPS) is 11.4. The topological polar surface area (TPSA) is 146 Å². The molecular weight excluding hydrogens is 460 g/mol. The highest BCUT2D eigenvalue weighted by Gasteiger charge is 2.30. The molecule has 0 fully saturated rings. The Bertz CT molecular complexity index is 1370. The smallest absolute Gasteiger partial charge is 0.293 e. The van der Waals surface area contributed by atoms with Crippen LogP contribution in [-0.2, 0) is 11.8 Å². The zero-order valence-corrected chi connectivity index (χ0v) is 19.1. The summed E-state index contributed by atoms with van der Waals surface area (Å²) in [6, 6.07) is 4.23. The minimum absolute atomic E-state index is 0.00458. The number of anilines is 1. The molecule has 0 aliphatic heterocycles. The fraction of sp³-hybridized carbons (Fsp3) is 0.217. The number of aromatic amines is 1. The van der Waals surface area contributed by atoms with Gasteiger partial charge in [0, 0.05) is 24.8 Å². The third-order valence-electron chi connectivity index (χ3n) is 5.45. The fourth-order valence-electron chi connectivity index (χ4n) is 3.68. The number of H-pyrrole nitrogens is 1. The molecule has 2 heterocycles. The van der Waals surface area contributed by atoms with E-state index in [9.17, 15) is 23.2 Å². The number of hydrogen-bond donors (Lipinski definition) is 3. The Balaban J connectivity index is 1.87. The van der Waals surface area contributed by atoms with Crippen molar-refractivity contribution in [1.29, 1.82) is 5.26 Å². The number of aromatic nitrogens is 4. The molecule has 0 saturated carbocycles. The van der Waals surface area contributed by atoms with Gasteiger partial charge in [0.05, 0.1) is 29.2 Å². The maximum Gasteiger partial charge on any atom is 0.293 e. The number of halogens is 2. The van der Waals surface area contributed by atoms with Crippen LogP contribution in [0.2, 0.25) is 0 Å². The van der Waals surface area contributed by atoms with Crippen molar-refractivity contribution in [3.05, 3.63) is 76.4 Å². The minimum Gasteiger partial charge on any atom is -0.343 e. The van der Waals surface area contributed by atoms with Crippen LogP contribution in [0.5, 0.6) is 0 Å². The maximum atomic E-state index is 13.6. The number of nitrogens with zero attached hydrogens (tertiary/aromatic N) is 4. The molecule has 3 aromatic rings. The van der Waals surface area contributed by atoms with Gasteiger partial charge in [-0.3, -0.25) is 14.4 Å². The van der Waals surface area contributed by atoms with Crippen molar-refractivity contribution in [2.75, 3.05) is 5.32 Å². The van der Waals surface area contributed by atoms with Gasteiger partial charge in [0.2, 0.25) is 0 Å². The molecular formula is C23H21F2N7O3. The molecule has 10 nitrogen and oxygen atoms in total. The van der Waals surface area contributed by atoms with Gasteiger partial charge in [-0.1, -0.05) is 6.58 Å². The first-order chi connectivity index (χ1) is 16.5. The van der Waals surface area contributed by atoms with Crippen LogP contribution < -0.4 is 10.6 Å². The van der Waals surface area contributed by atoms with E-state index in [1.165, 1.54) is 29.8 Å². The van der Waals surface area contributed by atoms with E-state index in [2.05, 4.69) is 32.6 Å². The van der Waals surface area contributed by atoms with Crippen LogP contribution in [-0.4, -0.2) is 37.6 Å².